The van der Waals surface area contributed by atoms with Gasteiger partial charge in [-0.25, -0.2) is 0 Å². The van der Waals surface area contributed by atoms with Crippen molar-refractivity contribution < 1.29 is 0 Å². The highest BCUT2D eigenvalue weighted by atomic mass is 35.5. The molecule has 2 heteroatoms. The molecule has 0 aliphatic heterocycles. The molecule has 0 unspecified atom stereocenters. The van der Waals surface area contributed by atoms with Crippen LogP contribution in [0.5, 0.6) is 0 Å². The van der Waals surface area contributed by atoms with E-state index in [1.807, 2.05) is 19.1 Å². The molecule has 2 radical (unpaired) electrons. The Bertz CT molecular complexity index is 200. The van der Waals surface area contributed by atoms with E-state index in [1.165, 1.54) is 0 Å². The molecule has 0 spiro atoms. The van der Waals surface area contributed by atoms with Crippen molar-refractivity contribution in [3.05, 3.63) is 28.8 Å². The number of halogens is 1. The van der Waals surface area contributed by atoms with Gasteiger partial charge in [-0.05, 0) is 12.5 Å². The van der Waals surface area contributed by atoms with Gasteiger partial charge >= 0.3 is 0 Å². The highest BCUT2D eigenvalue weighted by Gasteiger charge is 1.94. The fraction of sp³-hybridized carbons (Fsp3) is 0.143. The van der Waals surface area contributed by atoms with Crippen LogP contribution in [0.3, 0.4) is 0 Å². The SMILES string of the molecule is [B]c1cccc(C)c1Cl. The highest BCUT2D eigenvalue weighted by molar-refractivity contribution is 6.45. The van der Waals surface area contributed by atoms with Crippen LogP contribution in [0.25, 0.3) is 0 Å². The summed E-state index contributed by atoms with van der Waals surface area (Å²) < 4.78 is 0. The van der Waals surface area contributed by atoms with E-state index in [0.29, 0.717) is 10.5 Å². The Morgan fingerprint density at radius 1 is 1.44 bits per heavy atom. The Labute approximate surface area is 61.3 Å². The van der Waals surface area contributed by atoms with Crippen LogP contribution >= 0.6 is 11.6 Å². The lowest BCUT2D eigenvalue weighted by Gasteiger charge is -1.98. The van der Waals surface area contributed by atoms with Crippen molar-refractivity contribution in [1.29, 1.82) is 0 Å². The summed E-state index contributed by atoms with van der Waals surface area (Å²) in [5.41, 5.74) is 1.67. The van der Waals surface area contributed by atoms with Gasteiger partial charge in [0.2, 0.25) is 0 Å². The van der Waals surface area contributed by atoms with Gasteiger partial charge in [0.05, 0.1) is 0 Å². The molecule has 0 amide bonds. The van der Waals surface area contributed by atoms with Gasteiger partial charge in [-0.15, -0.1) is 0 Å². The summed E-state index contributed by atoms with van der Waals surface area (Å²) >= 11 is 5.75. The molecule has 0 bridgehead atoms. The molecule has 1 aromatic rings. The van der Waals surface area contributed by atoms with Crippen LogP contribution in [0, 0.1) is 6.92 Å². The summed E-state index contributed by atoms with van der Waals surface area (Å²) in [5, 5.41) is 0.664. The Kier molecular flexibility index (Phi) is 1.82. The fourth-order valence-electron chi connectivity index (χ4n) is 0.670. The number of hydrogen-bond donors (Lipinski definition) is 0. The summed E-state index contributed by atoms with van der Waals surface area (Å²) in [4.78, 5) is 0. The first kappa shape index (κ1) is 6.69. The van der Waals surface area contributed by atoms with Crippen LogP contribution in [0.4, 0.5) is 0 Å². The Morgan fingerprint density at radius 3 is 2.56 bits per heavy atom. The minimum atomic E-state index is 0.650. The zero-order valence-electron chi connectivity index (χ0n) is 5.19. The van der Waals surface area contributed by atoms with Crippen LogP contribution in [-0.2, 0) is 0 Å². The van der Waals surface area contributed by atoms with Gasteiger partial charge in [-0.2, -0.15) is 0 Å². The van der Waals surface area contributed by atoms with Crippen molar-refractivity contribution in [3.63, 3.8) is 0 Å². The first-order valence-electron chi connectivity index (χ1n) is 2.72. The number of hydrogen-bond acceptors (Lipinski definition) is 0. The third-order valence-electron chi connectivity index (χ3n) is 1.22. The van der Waals surface area contributed by atoms with Crippen molar-refractivity contribution in [1.82, 2.24) is 0 Å². The van der Waals surface area contributed by atoms with Crippen LogP contribution in [-0.4, -0.2) is 7.85 Å². The van der Waals surface area contributed by atoms with Gasteiger partial charge in [0, 0.05) is 5.02 Å². The molecule has 0 aromatic heterocycles. The van der Waals surface area contributed by atoms with E-state index >= 15 is 0 Å². The molecule has 0 N–H and O–H groups in total. The molecular formula is C7H6BCl. The maximum Gasteiger partial charge on any atom is 0.115 e. The van der Waals surface area contributed by atoms with Gasteiger partial charge in [0.25, 0.3) is 0 Å². The first-order chi connectivity index (χ1) is 4.22. The molecule has 0 aliphatic carbocycles. The molecule has 0 nitrogen and oxygen atoms in total. The average Bonchev–Trinajstić information content (AvgIpc) is 1.83. The topological polar surface area (TPSA) is 0 Å². The molecule has 1 aromatic carbocycles. The number of rotatable bonds is 0. The summed E-state index contributed by atoms with van der Waals surface area (Å²) in [7, 11) is 5.49. The van der Waals surface area contributed by atoms with Crippen LogP contribution in [0.1, 0.15) is 5.56 Å². The highest BCUT2D eigenvalue weighted by Crippen LogP contribution is 2.09. The van der Waals surface area contributed by atoms with Gasteiger partial charge in [0.1, 0.15) is 7.85 Å². The normalized spacial score (nSPS) is 9.56. The summed E-state index contributed by atoms with van der Waals surface area (Å²) in [6, 6.07) is 5.60. The third-order valence-corrected chi connectivity index (χ3v) is 1.74. The van der Waals surface area contributed by atoms with Gasteiger partial charge in [-0.1, -0.05) is 35.3 Å². The van der Waals surface area contributed by atoms with E-state index in [1.54, 1.807) is 6.07 Å². The predicted molar refractivity (Wildman–Crippen MR) is 41.6 cm³/mol. The van der Waals surface area contributed by atoms with Crippen molar-refractivity contribution in [3.8, 4) is 0 Å². The van der Waals surface area contributed by atoms with E-state index in [4.69, 9.17) is 19.4 Å². The van der Waals surface area contributed by atoms with Crippen LogP contribution in [0.2, 0.25) is 5.02 Å². The molecule has 0 atom stereocenters. The Balaban J connectivity index is 3.25. The molecule has 0 saturated heterocycles. The maximum atomic E-state index is 5.75. The van der Waals surface area contributed by atoms with E-state index in [-0.39, 0.29) is 0 Å². The number of benzene rings is 1. The Hall–Kier alpha value is -0.425. The van der Waals surface area contributed by atoms with Gasteiger partial charge in [-0.3, -0.25) is 0 Å². The first-order valence-corrected chi connectivity index (χ1v) is 3.10. The molecule has 0 aliphatic rings. The number of aryl methyl sites for hydroxylation is 1. The molecule has 44 valence electrons. The standard InChI is InChI=1S/C7H6BCl/c1-5-3-2-4-6(8)7(5)9/h2-4H,1H3. The average molecular weight is 136 g/mol. The second kappa shape index (κ2) is 2.44. The van der Waals surface area contributed by atoms with Gasteiger partial charge < -0.3 is 0 Å². The third kappa shape index (κ3) is 1.28. The van der Waals surface area contributed by atoms with Crippen molar-refractivity contribution in [2.24, 2.45) is 0 Å². The zero-order chi connectivity index (χ0) is 6.85. The van der Waals surface area contributed by atoms with E-state index < -0.39 is 0 Å². The zero-order valence-corrected chi connectivity index (χ0v) is 5.94. The second-order valence-corrected chi connectivity index (χ2v) is 2.36. The fourth-order valence-corrected chi connectivity index (χ4v) is 0.796. The second-order valence-electron chi connectivity index (χ2n) is 1.98. The van der Waals surface area contributed by atoms with E-state index in [0.717, 1.165) is 5.56 Å². The van der Waals surface area contributed by atoms with Crippen LogP contribution in [0.15, 0.2) is 18.2 Å². The summed E-state index contributed by atoms with van der Waals surface area (Å²) in [5.74, 6) is 0. The summed E-state index contributed by atoms with van der Waals surface area (Å²) in [6.07, 6.45) is 0. The molecule has 0 saturated carbocycles. The largest absolute Gasteiger partial charge is 0.115 e. The van der Waals surface area contributed by atoms with Gasteiger partial charge in [0.15, 0.2) is 0 Å². The summed E-state index contributed by atoms with van der Waals surface area (Å²) in [6.45, 7) is 1.93. The molecular weight excluding hydrogens is 130 g/mol. The molecule has 1 rings (SSSR count). The lowest BCUT2D eigenvalue weighted by Crippen LogP contribution is -2.03. The van der Waals surface area contributed by atoms with Crippen LogP contribution < -0.4 is 5.46 Å². The minimum absolute atomic E-state index is 0.650. The maximum absolute atomic E-state index is 5.75. The van der Waals surface area contributed by atoms with Crippen molar-refractivity contribution in [2.45, 2.75) is 6.92 Å². The minimum Gasteiger partial charge on any atom is -0.0847 e. The quantitative estimate of drug-likeness (QED) is 0.474. The van der Waals surface area contributed by atoms with E-state index in [2.05, 4.69) is 0 Å². The molecule has 9 heavy (non-hydrogen) atoms. The molecule has 0 heterocycles. The van der Waals surface area contributed by atoms with E-state index in [9.17, 15) is 0 Å². The monoisotopic (exact) mass is 136 g/mol. The predicted octanol–water partition coefficient (Wildman–Crippen LogP) is 1.44. The van der Waals surface area contributed by atoms with Crippen molar-refractivity contribution in [2.75, 3.05) is 0 Å². The Morgan fingerprint density at radius 2 is 2.11 bits per heavy atom. The lowest BCUT2D eigenvalue weighted by molar-refractivity contribution is 1.49. The molecule has 0 fully saturated rings. The lowest BCUT2D eigenvalue weighted by atomic mass is 9.95. The van der Waals surface area contributed by atoms with Crippen molar-refractivity contribution >= 4 is 24.9 Å². The smallest absolute Gasteiger partial charge is 0.0847 e.